The van der Waals surface area contributed by atoms with Crippen LogP contribution in [0.2, 0.25) is 5.02 Å². The van der Waals surface area contributed by atoms with Gasteiger partial charge in [0.05, 0.1) is 21.4 Å². The average molecular weight is 386 g/mol. The van der Waals surface area contributed by atoms with E-state index in [-0.39, 0.29) is 21.6 Å². The largest absolute Gasteiger partial charge is 0.454 e. The van der Waals surface area contributed by atoms with E-state index in [1.165, 1.54) is 12.1 Å². The Morgan fingerprint density at radius 1 is 0.885 bits per heavy atom. The molecule has 7 heteroatoms. The SMILES string of the molecule is O=c1c2ccccc2oc2c(NS(=O)(=O)c3cccc(Cl)c3)cccc12. The van der Waals surface area contributed by atoms with Crippen LogP contribution in [0.4, 0.5) is 5.69 Å². The van der Waals surface area contributed by atoms with Crippen LogP contribution < -0.4 is 10.2 Å². The molecule has 0 saturated heterocycles. The Labute approximate surface area is 153 Å². The van der Waals surface area contributed by atoms with Crippen LogP contribution in [0, 0.1) is 0 Å². The minimum atomic E-state index is -3.89. The number of benzene rings is 3. The highest BCUT2D eigenvalue weighted by Crippen LogP contribution is 2.27. The Balaban J connectivity index is 1.91. The van der Waals surface area contributed by atoms with E-state index in [1.54, 1.807) is 54.6 Å². The van der Waals surface area contributed by atoms with Crippen LogP contribution in [0.5, 0.6) is 0 Å². The van der Waals surface area contributed by atoms with Gasteiger partial charge in [-0.2, -0.15) is 0 Å². The average Bonchev–Trinajstić information content (AvgIpc) is 2.62. The summed E-state index contributed by atoms with van der Waals surface area (Å²) in [6, 6.07) is 17.5. The summed E-state index contributed by atoms with van der Waals surface area (Å²) in [6.45, 7) is 0. The van der Waals surface area contributed by atoms with Crippen LogP contribution in [-0.4, -0.2) is 8.42 Å². The molecule has 0 amide bonds. The van der Waals surface area contributed by atoms with Crippen molar-refractivity contribution in [3.05, 3.63) is 82.0 Å². The molecule has 0 atom stereocenters. The van der Waals surface area contributed by atoms with Gasteiger partial charge in [0.15, 0.2) is 5.58 Å². The zero-order valence-electron chi connectivity index (χ0n) is 13.3. The van der Waals surface area contributed by atoms with Crippen molar-refractivity contribution in [2.24, 2.45) is 0 Å². The van der Waals surface area contributed by atoms with Gasteiger partial charge in [0, 0.05) is 5.02 Å². The second-order valence-electron chi connectivity index (χ2n) is 5.67. The fraction of sp³-hybridized carbons (Fsp3) is 0. The van der Waals surface area contributed by atoms with Crippen LogP contribution >= 0.6 is 11.6 Å². The van der Waals surface area contributed by atoms with Gasteiger partial charge in [-0.3, -0.25) is 9.52 Å². The van der Waals surface area contributed by atoms with Gasteiger partial charge < -0.3 is 4.42 Å². The third-order valence-corrected chi connectivity index (χ3v) is 5.55. The smallest absolute Gasteiger partial charge is 0.262 e. The fourth-order valence-electron chi connectivity index (χ4n) is 2.74. The maximum absolute atomic E-state index is 12.7. The second-order valence-corrected chi connectivity index (χ2v) is 7.79. The van der Waals surface area contributed by atoms with E-state index in [2.05, 4.69) is 4.72 Å². The Morgan fingerprint density at radius 2 is 1.62 bits per heavy atom. The van der Waals surface area contributed by atoms with Crippen LogP contribution in [0.1, 0.15) is 0 Å². The van der Waals surface area contributed by atoms with Crippen molar-refractivity contribution in [2.45, 2.75) is 4.90 Å². The summed E-state index contributed by atoms with van der Waals surface area (Å²) < 4.78 is 33.6. The second kappa shape index (κ2) is 6.16. The normalized spacial score (nSPS) is 11.7. The van der Waals surface area contributed by atoms with Crippen molar-refractivity contribution >= 4 is 49.3 Å². The number of fused-ring (bicyclic) bond motifs is 2. The fourth-order valence-corrected chi connectivity index (χ4v) is 4.11. The number of hydrogen-bond donors (Lipinski definition) is 1. The Morgan fingerprint density at radius 3 is 2.42 bits per heavy atom. The maximum atomic E-state index is 12.7. The van der Waals surface area contributed by atoms with Gasteiger partial charge in [-0.05, 0) is 42.5 Å². The number of anilines is 1. The molecule has 0 aliphatic rings. The Hall–Kier alpha value is -2.83. The van der Waals surface area contributed by atoms with Gasteiger partial charge in [-0.25, -0.2) is 8.42 Å². The summed E-state index contributed by atoms with van der Waals surface area (Å²) in [5.74, 6) is 0. The van der Waals surface area contributed by atoms with Crippen LogP contribution in [0.25, 0.3) is 21.9 Å². The number of rotatable bonds is 3. The molecule has 0 aliphatic carbocycles. The first-order valence-corrected chi connectivity index (χ1v) is 9.55. The lowest BCUT2D eigenvalue weighted by Gasteiger charge is -2.10. The van der Waals surface area contributed by atoms with Gasteiger partial charge >= 0.3 is 0 Å². The van der Waals surface area contributed by atoms with Crippen molar-refractivity contribution in [1.29, 1.82) is 0 Å². The highest BCUT2D eigenvalue weighted by atomic mass is 35.5. The van der Waals surface area contributed by atoms with Gasteiger partial charge in [-0.15, -0.1) is 0 Å². The third-order valence-electron chi connectivity index (χ3n) is 3.95. The maximum Gasteiger partial charge on any atom is 0.262 e. The zero-order chi connectivity index (χ0) is 18.3. The van der Waals surface area contributed by atoms with E-state index in [4.69, 9.17) is 16.0 Å². The Bertz CT molecular complexity index is 1310. The van der Waals surface area contributed by atoms with E-state index in [1.807, 2.05) is 0 Å². The summed E-state index contributed by atoms with van der Waals surface area (Å²) in [6.07, 6.45) is 0. The molecule has 0 spiro atoms. The minimum absolute atomic E-state index is 0.0186. The molecule has 130 valence electrons. The summed E-state index contributed by atoms with van der Waals surface area (Å²) in [5, 5.41) is 1.05. The molecule has 0 fully saturated rings. The summed E-state index contributed by atoms with van der Waals surface area (Å²) in [4.78, 5) is 12.7. The van der Waals surface area contributed by atoms with Crippen molar-refractivity contribution in [3.8, 4) is 0 Å². The van der Waals surface area contributed by atoms with Crippen LogP contribution in [0.3, 0.4) is 0 Å². The molecule has 1 N–H and O–H groups in total. The third kappa shape index (κ3) is 2.83. The first kappa shape index (κ1) is 16.6. The van der Waals surface area contributed by atoms with Gasteiger partial charge in [-0.1, -0.05) is 35.9 Å². The molecule has 5 nitrogen and oxygen atoms in total. The summed E-state index contributed by atoms with van der Waals surface area (Å²) in [5.41, 5.74) is 0.539. The molecule has 3 aromatic carbocycles. The van der Waals surface area contributed by atoms with Crippen molar-refractivity contribution in [3.63, 3.8) is 0 Å². The lowest BCUT2D eigenvalue weighted by Crippen LogP contribution is -2.14. The van der Waals surface area contributed by atoms with Crippen molar-refractivity contribution in [1.82, 2.24) is 0 Å². The van der Waals surface area contributed by atoms with E-state index in [0.717, 1.165) is 0 Å². The highest BCUT2D eigenvalue weighted by molar-refractivity contribution is 7.92. The van der Waals surface area contributed by atoms with Crippen LogP contribution in [-0.2, 0) is 10.0 Å². The molecule has 26 heavy (non-hydrogen) atoms. The Kier molecular flexibility index (Phi) is 3.94. The minimum Gasteiger partial charge on any atom is -0.454 e. The molecular weight excluding hydrogens is 374 g/mol. The predicted octanol–water partition coefficient (Wildman–Crippen LogP) is 4.40. The topological polar surface area (TPSA) is 76.4 Å². The summed E-state index contributed by atoms with van der Waals surface area (Å²) in [7, 11) is -3.89. The van der Waals surface area contributed by atoms with E-state index in [9.17, 15) is 13.2 Å². The standard InChI is InChI=1S/C19H12ClNO4S/c20-12-5-3-6-13(11-12)26(23,24)21-16-9-4-8-15-18(22)14-7-1-2-10-17(14)25-19(15)16/h1-11,21H. The molecule has 1 heterocycles. The summed E-state index contributed by atoms with van der Waals surface area (Å²) >= 11 is 5.88. The molecule has 1 aromatic heterocycles. The van der Waals surface area contributed by atoms with Crippen molar-refractivity contribution < 1.29 is 12.8 Å². The number of halogens is 1. The quantitative estimate of drug-likeness (QED) is 0.530. The molecular formula is C19H12ClNO4S. The number of para-hydroxylation sites is 2. The molecule has 4 rings (SSSR count). The van der Waals surface area contributed by atoms with Crippen LogP contribution in [0.15, 0.2) is 80.8 Å². The van der Waals surface area contributed by atoms with E-state index >= 15 is 0 Å². The number of hydrogen-bond acceptors (Lipinski definition) is 4. The van der Waals surface area contributed by atoms with E-state index in [0.29, 0.717) is 21.4 Å². The van der Waals surface area contributed by atoms with E-state index < -0.39 is 10.0 Å². The monoisotopic (exact) mass is 385 g/mol. The number of sulfonamides is 1. The number of nitrogens with one attached hydrogen (secondary N) is 1. The lowest BCUT2D eigenvalue weighted by molar-refractivity contribution is 0.601. The predicted molar refractivity (Wildman–Crippen MR) is 102 cm³/mol. The zero-order valence-corrected chi connectivity index (χ0v) is 14.8. The molecule has 4 aromatic rings. The first-order chi connectivity index (χ1) is 12.5. The molecule has 0 aliphatic heterocycles. The molecule has 0 bridgehead atoms. The van der Waals surface area contributed by atoms with Gasteiger partial charge in [0.2, 0.25) is 5.43 Å². The lowest BCUT2D eigenvalue weighted by atomic mass is 10.1. The molecule has 0 saturated carbocycles. The molecule has 0 radical (unpaired) electrons. The van der Waals surface area contributed by atoms with Gasteiger partial charge in [0.25, 0.3) is 10.0 Å². The van der Waals surface area contributed by atoms with Crippen molar-refractivity contribution in [2.75, 3.05) is 4.72 Å². The first-order valence-electron chi connectivity index (χ1n) is 7.69. The van der Waals surface area contributed by atoms with Gasteiger partial charge in [0.1, 0.15) is 5.58 Å². The highest BCUT2D eigenvalue weighted by Gasteiger charge is 2.18. The molecule has 0 unspecified atom stereocenters.